The van der Waals surface area contributed by atoms with Crippen LogP contribution >= 0.6 is 0 Å². The lowest BCUT2D eigenvalue weighted by molar-refractivity contribution is -0.145. The topological polar surface area (TPSA) is 413 Å². The number of aliphatic imine (C=N–C) groups is 1. The zero-order valence-electron chi connectivity index (χ0n) is 42.3. The van der Waals surface area contributed by atoms with Gasteiger partial charge in [0.1, 0.15) is 54.1 Å². The first-order valence-electron chi connectivity index (χ1n) is 25.3. The van der Waals surface area contributed by atoms with E-state index in [1.807, 2.05) is 24.3 Å². The minimum atomic E-state index is -1.64. The second kappa shape index (κ2) is 27.3. The fourth-order valence-electron chi connectivity index (χ4n) is 9.47. The van der Waals surface area contributed by atoms with Gasteiger partial charge >= 0.3 is 5.97 Å². The number of amides is 8. The molecule has 2 aliphatic heterocycles. The molecule has 77 heavy (non-hydrogen) atoms. The number of benzene rings is 3. The van der Waals surface area contributed by atoms with Crippen LogP contribution in [0.25, 0.3) is 10.9 Å². The molecule has 412 valence electrons. The number of phenolic OH excluding ortho intramolecular Hbond substituents is 1. The largest absolute Gasteiger partial charge is 0.508 e. The van der Waals surface area contributed by atoms with E-state index in [0.29, 0.717) is 29.5 Å². The summed E-state index contributed by atoms with van der Waals surface area (Å²) in [5.41, 5.74) is 24.7. The molecule has 4 aromatic rings. The highest BCUT2D eigenvalue weighted by molar-refractivity contribution is 5.99. The standard InChI is InChI=1S/C52H67N13O12/c53-34(28-66)44(69)60-38(26-43(54)68)46(71)61-37(23-30-16-18-32(67)19-17-30)45(70)62-39(24-29-9-2-1-3-10-29)50(75)65-22-8-14-41(65)47(72)59-36(13-6-20-57-52(55)56)49(74)64-21-7-15-42(64)48(73)63-40(51(76)77)25-31-27-58-35-12-5-4-11-33(31)35/h1-5,9-12,16-19,27,34,36-42,58,66-67H,6-8,13-15,20-26,28,53H2,(H2,54,68)(H,59,72)(H,60,69)(H,61,71)(H,62,70)(H,63,73)(H,76,77)(H4,55,56,57)/t34-,36-,37-,38-,39-,40-,41-,42-/m0/s1. The number of guanidine groups is 1. The van der Waals surface area contributed by atoms with Gasteiger partial charge in [-0.3, -0.25) is 43.3 Å². The highest BCUT2D eigenvalue weighted by atomic mass is 16.4. The number of aromatic nitrogens is 1. The molecule has 2 saturated heterocycles. The summed E-state index contributed by atoms with van der Waals surface area (Å²) in [5.74, 6) is -8.14. The zero-order chi connectivity index (χ0) is 55.8. The normalized spacial score (nSPS) is 17.4. The van der Waals surface area contributed by atoms with Gasteiger partial charge < -0.3 is 79.6 Å². The molecule has 8 amide bonds. The maximum absolute atomic E-state index is 14.9. The number of carboxylic acid groups (broad SMARTS) is 1. The van der Waals surface area contributed by atoms with Crippen LogP contribution in [0.2, 0.25) is 0 Å². The molecular weight excluding hydrogens is 999 g/mol. The quantitative estimate of drug-likeness (QED) is 0.0178. The Kier molecular flexibility index (Phi) is 20.4. The van der Waals surface area contributed by atoms with Crippen molar-refractivity contribution in [2.45, 2.75) is 113 Å². The van der Waals surface area contributed by atoms with E-state index < -0.39 is 115 Å². The number of nitrogens with two attached hydrogens (primary N) is 4. The number of aliphatic hydroxyl groups excluding tert-OH is 1. The maximum atomic E-state index is 14.9. The van der Waals surface area contributed by atoms with Crippen molar-refractivity contribution in [3.63, 3.8) is 0 Å². The third-order valence-corrected chi connectivity index (χ3v) is 13.4. The Hall–Kier alpha value is -8.58. The van der Waals surface area contributed by atoms with Crippen LogP contribution in [-0.2, 0) is 62.4 Å². The predicted octanol–water partition coefficient (Wildman–Crippen LogP) is -2.36. The molecule has 0 saturated carbocycles. The lowest BCUT2D eigenvalue weighted by atomic mass is 10.0. The summed E-state index contributed by atoms with van der Waals surface area (Å²) in [7, 11) is 0. The van der Waals surface area contributed by atoms with Crippen molar-refractivity contribution in [2.24, 2.45) is 27.9 Å². The van der Waals surface area contributed by atoms with Gasteiger partial charge in [0.2, 0.25) is 47.3 Å². The molecule has 3 aromatic carbocycles. The van der Waals surface area contributed by atoms with Crippen LogP contribution in [0.15, 0.2) is 90.1 Å². The SMILES string of the molecule is NC(=O)C[C@H](NC(=O)[C@@H](N)CO)C(=O)N[C@@H](Cc1ccc(O)cc1)C(=O)N[C@@H](Cc1ccccc1)C(=O)N1CCC[C@H]1C(=O)N[C@@H](CCCN=C(N)N)C(=O)N1CCC[C@H]1C(=O)N[C@@H](Cc1c[nH]c2ccccc12)C(=O)O. The molecule has 0 spiro atoms. The molecule has 0 radical (unpaired) electrons. The number of hydrogen-bond donors (Lipinski definition) is 13. The van der Waals surface area contributed by atoms with E-state index in [9.17, 15) is 58.5 Å². The van der Waals surface area contributed by atoms with Crippen LogP contribution in [-0.4, -0.2) is 164 Å². The summed E-state index contributed by atoms with van der Waals surface area (Å²) in [4.78, 5) is 133. The summed E-state index contributed by atoms with van der Waals surface area (Å²) in [6.45, 7) is -0.513. The van der Waals surface area contributed by atoms with Gasteiger partial charge in [0.15, 0.2) is 5.96 Å². The lowest BCUT2D eigenvalue weighted by Gasteiger charge is -2.32. The monoisotopic (exact) mass is 1070 g/mol. The van der Waals surface area contributed by atoms with E-state index in [1.165, 1.54) is 34.1 Å². The molecular formula is C52H67N13O12. The van der Waals surface area contributed by atoms with Crippen molar-refractivity contribution in [1.29, 1.82) is 0 Å². The highest BCUT2D eigenvalue weighted by Gasteiger charge is 2.43. The number of aliphatic hydroxyl groups is 1. The molecule has 2 aliphatic rings. The number of H-pyrrole nitrogens is 1. The van der Waals surface area contributed by atoms with Gasteiger partial charge in [-0.15, -0.1) is 0 Å². The molecule has 25 nitrogen and oxygen atoms in total. The Morgan fingerprint density at radius 3 is 1.81 bits per heavy atom. The number of fused-ring (bicyclic) bond motifs is 1. The number of carboxylic acids is 1. The van der Waals surface area contributed by atoms with Gasteiger partial charge in [-0.05, 0) is 73.4 Å². The number of nitrogens with one attached hydrogen (secondary N) is 6. The summed E-state index contributed by atoms with van der Waals surface area (Å²) < 4.78 is 0. The van der Waals surface area contributed by atoms with Crippen molar-refractivity contribution in [3.8, 4) is 5.75 Å². The average Bonchev–Trinajstić information content (AvgIpc) is 4.20. The first-order valence-corrected chi connectivity index (χ1v) is 25.3. The zero-order valence-corrected chi connectivity index (χ0v) is 42.3. The molecule has 0 bridgehead atoms. The number of hydrogen-bond acceptors (Lipinski definition) is 13. The van der Waals surface area contributed by atoms with Crippen molar-refractivity contribution in [1.82, 2.24) is 41.4 Å². The van der Waals surface area contributed by atoms with Crippen molar-refractivity contribution in [3.05, 3.63) is 102 Å². The van der Waals surface area contributed by atoms with Crippen molar-refractivity contribution in [2.75, 3.05) is 26.2 Å². The van der Waals surface area contributed by atoms with Crippen molar-refractivity contribution < 1.29 is 58.5 Å². The van der Waals surface area contributed by atoms with Crippen LogP contribution < -0.4 is 49.5 Å². The number of carbonyl (C=O) groups is 9. The molecule has 2 fully saturated rings. The summed E-state index contributed by atoms with van der Waals surface area (Å²) >= 11 is 0. The van der Waals surface area contributed by atoms with Crippen LogP contribution in [0.3, 0.4) is 0 Å². The Morgan fingerprint density at radius 2 is 1.19 bits per heavy atom. The number of phenols is 1. The molecule has 0 aliphatic carbocycles. The minimum absolute atomic E-state index is 0.00419. The number of aromatic amines is 1. The van der Waals surface area contributed by atoms with Crippen molar-refractivity contribution >= 4 is 70.1 Å². The van der Waals surface area contributed by atoms with Gasteiger partial charge in [-0.1, -0.05) is 60.7 Å². The fraction of sp³-hybridized carbons (Fsp3) is 0.423. The van der Waals surface area contributed by atoms with Gasteiger partial charge in [-0.25, -0.2) is 4.79 Å². The van der Waals surface area contributed by atoms with E-state index >= 15 is 0 Å². The van der Waals surface area contributed by atoms with Gasteiger partial charge in [-0.2, -0.15) is 0 Å². The first kappa shape index (κ1) is 57.7. The second-order valence-corrected chi connectivity index (χ2v) is 19.1. The van der Waals surface area contributed by atoms with Gasteiger partial charge in [0.25, 0.3) is 0 Å². The summed E-state index contributed by atoms with van der Waals surface area (Å²) in [5, 5.41) is 43.4. The van der Waals surface area contributed by atoms with E-state index in [2.05, 4.69) is 36.6 Å². The number of para-hydroxylation sites is 1. The summed E-state index contributed by atoms with van der Waals surface area (Å²) in [6, 6.07) is 10.9. The smallest absolute Gasteiger partial charge is 0.326 e. The Morgan fingerprint density at radius 1 is 0.649 bits per heavy atom. The van der Waals surface area contributed by atoms with Crippen LogP contribution in [0.5, 0.6) is 5.75 Å². The third kappa shape index (κ3) is 16.0. The number of nitrogens with zero attached hydrogens (tertiary/aromatic N) is 3. The average molecular weight is 1070 g/mol. The Labute approximate surface area is 442 Å². The number of rotatable bonds is 26. The van der Waals surface area contributed by atoms with E-state index in [4.69, 9.17) is 22.9 Å². The number of aromatic hydroxyl groups is 1. The van der Waals surface area contributed by atoms with Crippen LogP contribution in [0.1, 0.15) is 61.6 Å². The molecule has 0 unspecified atom stereocenters. The van der Waals surface area contributed by atoms with E-state index in [0.717, 1.165) is 10.9 Å². The third-order valence-electron chi connectivity index (χ3n) is 13.4. The molecule has 8 atom stereocenters. The predicted molar refractivity (Wildman–Crippen MR) is 280 cm³/mol. The molecule has 17 N–H and O–H groups in total. The summed E-state index contributed by atoms with van der Waals surface area (Å²) in [6.07, 6.45) is 1.95. The number of likely N-dealkylation sites (tertiary alicyclic amines) is 2. The molecule has 25 heteroatoms. The molecule has 6 rings (SSSR count). The Bertz CT molecular complexity index is 2790. The Balaban J connectivity index is 1.22. The first-order chi connectivity index (χ1) is 36.8. The molecule has 3 heterocycles. The van der Waals surface area contributed by atoms with E-state index in [1.54, 1.807) is 36.5 Å². The van der Waals surface area contributed by atoms with Crippen LogP contribution in [0.4, 0.5) is 0 Å². The number of carbonyl (C=O) groups excluding carboxylic acids is 8. The van der Waals surface area contributed by atoms with Crippen LogP contribution in [0, 0.1) is 0 Å². The minimum Gasteiger partial charge on any atom is -0.508 e. The number of aliphatic carboxylic acids is 1. The second-order valence-electron chi connectivity index (χ2n) is 19.1. The van der Waals surface area contributed by atoms with Gasteiger partial charge in [0.05, 0.1) is 13.0 Å². The lowest BCUT2D eigenvalue weighted by Crippen LogP contribution is -2.60. The van der Waals surface area contributed by atoms with E-state index in [-0.39, 0.29) is 76.3 Å². The fourth-order valence-corrected chi connectivity index (χ4v) is 9.47. The maximum Gasteiger partial charge on any atom is 0.326 e. The molecule has 1 aromatic heterocycles. The number of primary amides is 1. The highest BCUT2D eigenvalue weighted by Crippen LogP contribution is 2.25. The van der Waals surface area contributed by atoms with Gasteiger partial charge in [0, 0.05) is 56.0 Å².